The minimum absolute atomic E-state index is 0.000251. The highest BCUT2D eigenvalue weighted by atomic mass is 79.9. The van der Waals surface area contributed by atoms with E-state index in [1.54, 1.807) is 0 Å². The molecule has 0 aliphatic carbocycles. The van der Waals surface area contributed by atoms with E-state index < -0.39 is 0 Å². The number of hydrogen-bond donors (Lipinski definition) is 0. The summed E-state index contributed by atoms with van der Waals surface area (Å²) in [5, 5.41) is 8.43. The summed E-state index contributed by atoms with van der Waals surface area (Å²) in [6.07, 6.45) is 0.905. The second kappa shape index (κ2) is 7.30. The first-order chi connectivity index (χ1) is 8.52. The summed E-state index contributed by atoms with van der Waals surface area (Å²) in [5.74, 6) is -0.0223. The summed E-state index contributed by atoms with van der Waals surface area (Å²) in [7, 11) is 1.91. The highest BCUT2D eigenvalue weighted by Gasteiger charge is 2.07. The van der Waals surface area contributed by atoms with Gasteiger partial charge < -0.3 is 0 Å². The molecule has 3 nitrogen and oxygen atoms in total. The summed E-state index contributed by atoms with van der Waals surface area (Å²) < 4.78 is 1.08. The predicted octanol–water partition coefficient (Wildman–Crippen LogP) is 2.71. The van der Waals surface area contributed by atoms with Crippen molar-refractivity contribution < 1.29 is 4.79 Å². The standard InChI is InChI=1S/C14H17BrN2O/c1-11-3-4-13(15)9-12(11)6-8-17(2)10-14(18)5-7-16/h3-4,9H,5-6,8,10H2,1-2H3. The van der Waals surface area contributed by atoms with E-state index in [0.717, 1.165) is 17.4 Å². The Bertz CT molecular complexity index is 465. The first-order valence-corrected chi connectivity index (χ1v) is 6.64. The maximum absolute atomic E-state index is 11.3. The molecule has 0 heterocycles. The third-order valence-corrected chi connectivity index (χ3v) is 3.29. The van der Waals surface area contributed by atoms with Gasteiger partial charge in [-0.25, -0.2) is 0 Å². The topological polar surface area (TPSA) is 44.1 Å². The Hall–Kier alpha value is -1.18. The van der Waals surface area contributed by atoms with Crippen LogP contribution in [-0.4, -0.2) is 30.8 Å². The van der Waals surface area contributed by atoms with Crippen LogP contribution in [0.4, 0.5) is 0 Å². The van der Waals surface area contributed by atoms with Crippen LogP contribution in [-0.2, 0) is 11.2 Å². The van der Waals surface area contributed by atoms with Gasteiger partial charge in [-0.15, -0.1) is 0 Å². The molecule has 0 bridgehead atoms. The van der Waals surface area contributed by atoms with Gasteiger partial charge in [-0.05, 0) is 43.7 Å². The van der Waals surface area contributed by atoms with Crippen LogP contribution in [0.2, 0.25) is 0 Å². The lowest BCUT2D eigenvalue weighted by Crippen LogP contribution is -2.27. The van der Waals surface area contributed by atoms with Crippen molar-refractivity contribution in [1.29, 1.82) is 5.26 Å². The van der Waals surface area contributed by atoms with Crippen LogP contribution >= 0.6 is 15.9 Å². The van der Waals surface area contributed by atoms with Crippen molar-refractivity contribution in [2.45, 2.75) is 19.8 Å². The molecule has 0 amide bonds. The van der Waals surface area contributed by atoms with Crippen molar-refractivity contribution in [1.82, 2.24) is 4.90 Å². The zero-order valence-electron chi connectivity index (χ0n) is 10.7. The predicted molar refractivity (Wildman–Crippen MR) is 75.3 cm³/mol. The number of ketones is 1. The molecule has 4 heteroatoms. The zero-order chi connectivity index (χ0) is 13.5. The van der Waals surface area contributed by atoms with Gasteiger partial charge in [0.2, 0.25) is 0 Å². The summed E-state index contributed by atoms with van der Waals surface area (Å²) >= 11 is 3.46. The SMILES string of the molecule is Cc1ccc(Br)cc1CCN(C)CC(=O)CC#N. The van der Waals surface area contributed by atoms with Gasteiger partial charge in [0.25, 0.3) is 0 Å². The Balaban J connectivity index is 2.47. The smallest absolute Gasteiger partial charge is 0.160 e. The van der Waals surface area contributed by atoms with Gasteiger partial charge in [-0.2, -0.15) is 5.26 Å². The monoisotopic (exact) mass is 308 g/mol. The number of Topliss-reactive ketones (excluding diaryl/α,β-unsaturated/α-hetero) is 1. The molecule has 0 aliphatic rings. The van der Waals surface area contributed by atoms with Gasteiger partial charge in [0.05, 0.1) is 19.0 Å². The fourth-order valence-corrected chi connectivity index (χ4v) is 2.15. The highest BCUT2D eigenvalue weighted by Crippen LogP contribution is 2.16. The first kappa shape index (κ1) is 14.9. The van der Waals surface area contributed by atoms with Crippen molar-refractivity contribution in [2.75, 3.05) is 20.1 Å². The molecule has 0 atom stereocenters. The van der Waals surface area contributed by atoms with Crippen LogP contribution in [0.3, 0.4) is 0 Å². The number of likely N-dealkylation sites (N-methyl/N-ethyl adjacent to an activating group) is 1. The molecule has 1 aromatic carbocycles. The van der Waals surface area contributed by atoms with Crippen molar-refractivity contribution in [3.8, 4) is 6.07 Å². The molecule has 0 aliphatic heterocycles. The molecule has 0 fully saturated rings. The Morgan fingerprint density at radius 1 is 1.50 bits per heavy atom. The number of carbonyl (C=O) groups is 1. The van der Waals surface area contributed by atoms with Gasteiger partial charge in [0, 0.05) is 11.0 Å². The highest BCUT2D eigenvalue weighted by molar-refractivity contribution is 9.10. The fraction of sp³-hybridized carbons (Fsp3) is 0.429. The summed E-state index contributed by atoms with van der Waals surface area (Å²) in [5.41, 5.74) is 2.54. The second-order valence-electron chi connectivity index (χ2n) is 4.43. The minimum Gasteiger partial charge on any atom is -0.299 e. The molecule has 1 aromatic rings. The Kier molecular flexibility index (Phi) is 6.03. The van der Waals surface area contributed by atoms with Crippen molar-refractivity contribution in [2.24, 2.45) is 0 Å². The van der Waals surface area contributed by atoms with Crippen LogP contribution in [0.1, 0.15) is 17.5 Å². The molecule has 0 radical (unpaired) electrons. The van der Waals surface area contributed by atoms with E-state index in [1.165, 1.54) is 11.1 Å². The maximum atomic E-state index is 11.3. The molecule has 0 saturated heterocycles. The average molecular weight is 309 g/mol. The molecule has 96 valence electrons. The Morgan fingerprint density at radius 2 is 2.22 bits per heavy atom. The zero-order valence-corrected chi connectivity index (χ0v) is 12.3. The lowest BCUT2D eigenvalue weighted by Gasteiger charge is -2.16. The maximum Gasteiger partial charge on any atom is 0.160 e. The van der Waals surface area contributed by atoms with Crippen LogP contribution < -0.4 is 0 Å². The van der Waals surface area contributed by atoms with Crippen molar-refractivity contribution in [3.63, 3.8) is 0 Å². The van der Waals surface area contributed by atoms with Crippen molar-refractivity contribution in [3.05, 3.63) is 33.8 Å². The molecule has 0 aromatic heterocycles. The molecule has 0 unspecified atom stereocenters. The van der Waals surface area contributed by atoms with Gasteiger partial charge in [-0.1, -0.05) is 22.0 Å². The van der Waals surface area contributed by atoms with E-state index in [4.69, 9.17) is 5.26 Å². The number of halogens is 1. The molecule has 0 N–H and O–H groups in total. The van der Waals surface area contributed by atoms with Crippen LogP contribution in [0, 0.1) is 18.3 Å². The van der Waals surface area contributed by atoms with Crippen LogP contribution in [0.25, 0.3) is 0 Å². The third kappa shape index (κ3) is 4.99. The lowest BCUT2D eigenvalue weighted by molar-refractivity contribution is -0.118. The van der Waals surface area contributed by atoms with Gasteiger partial charge in [0.1, 0.15) is 0 Å². The number of aryl methyl sites for hydroxylation is 1. The molecule has 1 rings (SSSR count). The van der Waals surface area contributed by atoms with Gasteiger partial charge >= 0.3 is 0 Å². The van der Waals surface area contributed by atoms with E-state index in [0.29, 0.717) is 6.54 Å². The summed E-state index contributed by atoms with van der Waals surface area (Å²) in [6, 6.07) is 8.10. The molecule has 18 heavy (non-hydrogen) atoms. The lowest BCUT2D eigenvalue weighted by atomic mass is 10.1. The number of carbonyl (C=O) groups excluding carboxylic acids is 1. The number of nitrogens with zero attached hydrogens (tertiary/aromatic N) is 2. The van der Waals surface area contributed by atoms with E-state index in [2.05, 4.69) is 35.0 Å². The summed E-state index contributed by atoms with van der Waals surface area (Å²) in [6.45, 7) is 3.25. The third-order valence-electron chi connectivity index (χ3n) is 2.80. The minimum atomic E-state index is -0.0223. The quantitative estimate of drug-likeness (QED) is 0.811. The number of rotatable bonds is 6. The number of hydrogen-bond acceptors (Lipinski definition) is 3. The fourth-order valence-electron chi connectivity index (χ4n) is 1.74. The van der Waals surface area contributed by atoms with Gasteiger partial charge in [-0.3, -0.25) is 9.69 Å². The second-order valence-corrected chi connectivity index (χ2v) is 5.35. The van der Waals surface area contributed by atoms with E-state index >= 15 is 0 Å². The molecule has 0 saturated carbocycles. The number of nitriles is 1. The first-order valence-electron chi connectivity index (χ1n) is 5.85. The Labute approximate surface area is 117 Å². The van der Waals surface area contributed by atoms with Gasteiger partial charge in [0.15, 0.2) is 5.78 Å². The number of benzene rings is 1. The van der Waals surface area contributed by atoms with E-state index in [-0.39, 0.29) is 12.2 Å². The van der Waals surface area contributed by atoms with Crippen LogP contribution in [0.15, 0.2) is 22.7 Å². The molecular formula is C14H17BrN2O. The molecule has 0 spiro atoms. The van der Waals surface area contributed by atoms with E-state index in [1.807, 2.05) is 24.1 Å². The largest absolute Gasteiger partial charge is 0.299 e. The van der Waals surface area contributed by atoms with E-state index in [9.17, 15) is 4.79 Å². The molecular weight excluding hydrogens is 292 g/mol. The Morgan fingerprint density at radius 3 is 2.89 bits per heavy atom. The average Bonchev–Trinajstić information content (AvgIpc) is 2.30. The summed E-state index contributed by atoms with van der Waals surface area (Å²) in [4.78, 5) is 13.3. The van der Waals surface area contributed by atoms with Crippen LogP contribution in [0.5, 0.6) is 0 Å². The van der Waals surface area contributed by atoms with Crippen molar-refractivity contribution >= 4 is 21.7 Å². The normalized spacial score (nSPS) is 10.4.